The molecule has 2 amide bonds. The third kappa shape index (κ3) is 6.18. The number of rotatable bonds is 6. The highest BCUT2D eigenvalue weighted by atomic mass is 16.6. The number of ether oxygens (including phenoxy) is 1. The Morgan fingerprint density at radius 1 is 0.800 bits per heavy atom. The van der Waals surface area contributed by atoms with Gasteiger partial charge in [0.15, 0.2) is 0 Å². The summed E-state index contributed by atoms with van der Waals surface area (Å²) in [6.07, 6.45) is -0.269. The van der Waals surface area contributed by atoms with Gasteiger partial charge in [-0.25, -0.2) is 4.79 Å². The average Bonchev–Trinajstić information content (AvgIpc) is 2.82. The van der Waals surface area contributed by atoms with Crippen molar-refractivity contribution in [1.82, 2.24) is 10.6 Å². The number of hydrogen-bond acceptors (Lipinski definition) is 3. The van der Waals surface area contributed by atoms with E-state index >= 15 is 0 Å². The van der Waals surface area contributed by atoms with E-state index in [-0.39, 0.29) is 11.9 Å². The molecular weight excluding hydrogens is 436 g/mol. The number of fused-ring (bicyclic) bond motifs is 2. The van der Waals surface area contributed by atoms with Crippen LogP contribution in [0.2, 0.25) is 0 Å². The second-order valence-corrected chi connectivity index (χ2v) is 9.88. The smallest absolute Gasteiger partial charge is 0.408 e. The van der Waals surface area contributed by atoms with Crippen LogP contribution in [-0.2, 0) is 16.0 Å². The summed E-state index contributed by atoms with van der Waals surface area (Å²) in [4.78, 5) is 26.0. The molecule has 4 aromatic rings. The summed E-state index contributed by atoms with van der Waals surface area (Å²) in [5.41, 5.74) is 1.32. The predicted octanol–water partition coefficient (Wildman–Crippen LogP) is 6.31. The fourth-order valence-electron chi connectivity index (χ4n) is 4.28. The zero-order valence-electron chi connectivity index (χ0n) is 20.7. The number of amides is 2. The van der Waals surface area contributed by atoms with E-state index < -0.39 is 17.7 Å². The summed E-state index contributed by atoms with van der Waals surface area (Å²) in [5, 5.41) is 10.3. The maximum atomic E-state index is 13.5. The van der Waals surface area contributed by atoms with Crippen molar-refractivity contribution in [3.05, 3.63) is 96.1 Å². The van der Waals surface area contributed by atoms with Crippen LogP contribution >= 0.6 is 0 Å². The molecule has 0 bridgehead atoms. The Bertz CT molecular complexity index is 1350. The largest absolute Gasteiger partial charge is 0.444 e. The van der Waals surface area contributed by atoms with Crippen molar-refractivity contribution in [3.8, 4) is 0 Å². The minimum absolute atomic E-state index is 0.242. The Hall–Kier alpha value is -3.86. The highest BCUT2D eigenvalue weighted by molar-refractivity contribution is 5.89. The first kappa shape index (κ1) is 24.3. The lowest BCUT2D eigenvalue weighted by molar-refractivity contribution is -0.123. The number of benzene rings is 4. The van der Waals surface area contributed by atoms with Crippen LogP contribution in [0.15, 0.2) is 84.9 Å². The van der Waals surface area contributed by atoms with Gasteiger partial charge in [0.2, 0.25) is 5.91 Å². The SMILES string of the molecule is C[C@@H](NC(=O)[C@H](Cc1ccc2ccccc2c1)NC(=O)OC(C)(C)C)c1cccc2ccccc12. The van der Waals surface area contributed by atoms with Crippen LogP contribution in [0.1, 0.15) is 44.9 Å². The second-order valence-electron chi connectivity index (χ2n) is 9.88. The van der Waals surface area contributed by atoms with Gasteiger partial charge in [-0.1, -0.05) is 84.9 Å². The van der Waals surface area contributed by atoms with E-state index in [1.54, 1.807) is 20.8 Å². The topological polar surface area (TPSA) is 67.4 Å². The molecule has 0 saturated carbocycles. The van der Waals surface area contributed by atoms with Crippen LogP contribution in [0.25, 0.3) is 21.5 Å². The fraction of sp³-hybridized carbons (Fsp3) is 0.267. The minimum Gasteiger partial charge on any atom is -0.444 e. The van der Waals surface area contributed by atoms with E-state index in [4.69, 9.17) is 4.74 Å². The van der Waals surface area contributed by atoms with Gasteiger partial charge in [-0.3, -0.25) is 4.79 Å². The molecule has 4 rings (SSSR count). The van der Waals surface area contributed by atoms with E-state index in [1.165, 1.54) is 0 Å². The molecule has 0 radical (unpaired) electrons. The van der Waals surface area contributed by atoms with Gasteiger partial charge < -0.3 is 15.4 Å². The molecule has 0 spiro atoms. The van der Waals surface area contributed by atoms with Gasteiger partial charge in [0, 0.05) is 6.42 Å². The van der Waals surface area contributed by atoms with Crippen molar-refractivity contribution in [1.29, 1.82) is 0 Å². The van der Waals surface area contributed by atoms with Crippen LogP contribution in [-0.4, -0.2) is 23.6 Å². The number of nitrogens with one attached hydrogen (secondary N) is 2. The van der Waals surface area contributed by atoms with Crippen molar-refractivity contribution >= 4 is 33.5 Å². The van der Waals surface area contributed by atoms with E-state index in [9.17, 15) is 9.59 Å². The summed E-state index contributed by atoms with van der Waals surface area (Å²) in [5.74, 6) is -0.260. The predicted molar refractivity (Wildman–Crippen MR) is 141 cm³/mol. The average molecular weight is 469 g/mol. The van der Waals surface area contributed by atoms with Crippen molar-refractivity contribution in [2.24, 2.45) is 0 Å². The molecule has 2 N–H and O–H groups in total. The molecule has 4 aromatic carbocycles. The molecule has 0 aliphatic carbocycles. The van der Waals surface area contributed by atoms with Crippen molar-refractivity contribution in [3.63, 3.8) is 0 Å². The third-order valence-corrected chi connectivity index (χ3v) is 5.91. The van der Waals surface area contributed by atoms with Gasteiger partial charge in [-0.15, -0.1) is 0 Å². The molecule has 0 unspecified atom stereocenters. The van der Waals surface area contributed by atoms with Gasteiger partial charge in [0.1, 0.15) is 11.6 Å². The summed E-state index contributed by atoms with van der Waals surface area (Å²) in [6, 6.07) is 27.3. The Labute approximate surface area is 206 Å². The first-order chi connectivity index (χ1) is 16.7. The van der Waals surface area contributed by atoms with Gasteiger partial charge in [-0.05, 0) is 60.4 Å². The number of carbonyl (C=O) groups excluding carboxylic acids is 2. The van der Waals surface area contributed by atoms with E-state index in [0.717, 1.165) is 32.7 Å². The van der Waals surface area contributed by atoms with Gasteiger partial charge in [0.05, 0.1) is 6.04 Å². The summed E-state index contributed by atoms with van der Waals surface area (Å²) in [6.45, 7) is 7.36. The Balaban J connectivity index is 1.57. The van der Waals surface area contributed by atoms with E-state index in [1.807, 2.05) is 67.6 Å². The first-order valence-corrected chi connectivity index (χ1v) is 11.9. The van der Waals surface area contributed by atoms with Crippen molar-refractivity contribution in [2.75, 3.05) is 0 Å². The summed E-state index contributed by atoms with van der Waals surface area (Å²) in [7, 11) is 0. The molecule has 180 valence electrons. The normalized spacial score (nSPS) is 13.3. The molecule has 5 nitrogen and oxygen atoms in total. The first-order valence-electron chi connectivity index (χ1n) is 11.9. The molecular formula is C30H32N2O3. The zero-order chi connectivity index (χ0) is 25.0. The van der Waals surface area contributed by atoms with Crippen LogP contribution in [0, 0.1) is 0 Å². The van der Waals surface area contributed by atoms with Gasteiger partial charge >= 0.3 is 6.09 Å². The van der Waals surface area contributed by atoms with E-state index in [0.29, 0.717) is 6.42 Å². The summed E-state index contributed by atoms with van der Waals surface area (Å²) < 4.78 is 5.44. The lowest BCUT2D eigenvalue weighted by atomic mass is 9.98. The molecule has 35 heavy (non-hydrogen) atoms. The highest BCUT2D eigenvalue weighted by Gasteiger charge is 2.26. The van der Waals surface area contributed by atoms with Crippen LogP contribution in [0.3, 0.4) is 0 Å². The number of alkyl carbamates (subject to hydrolysis) is 1. The second kappa shape index (κ2) is 10.2. The molecule has 2 atom stereocenters. The molecule has 0 aliphatic heterocycles. The van der Waals surface area contributed by atoms with Crippen LogP contribution in [0.5, 0.6) is 0 Å². The van der Waals surface area contributed by atoms with Gasteiger partial charge in [-0.2, -0.15) is 0 Å². The quantitative estimate of drug-likeness (QED) is 0.349. The van der Waals surface area contributed by atoms with Crippen molar-refractivity contribution in [2.45, 2.75) is 51.8 Å². The Morgan fingerprint density at radius 2 is 1.46 bits per heavy atom. The number of hydrogen-bond donors (Lipinski definition) is 2. The van der Waals surface area contributed by atoms with Crippen molar-refractivity contribution < 1.29 is 14.3 Å². The fourth-order valence-corrected chi connectivity index (χ4v) is 4.28. The van der Waals surface area contributed by atoms with Gasteiger partial charge in [0.25, 0.3) is 0 Å². The highest BCUT2D eigenvalue weighted by Crippen LogP contribution is 2.24. The lowest BCUT2D eigenvalue weighted by Crippen LogP contribution is -2.49. The molecule has 0 heterocycles. The molecule has 0 aliphatic rings. The molecule has 5 heteroatoms. The summed E-state index contributed by atoms with van der Waals surface area (Å²) >= 11 is 0. The van der Waals surface area contributed by atoms with Crippen LogP contribution < -0.4 is 10.6 Å². The Morgan fingerprint density at radius 3 is 2.20 bits per heavy atom. The minimum atomic E-state index is -0.788. The Kier molecular flexibility index (Phi) is 7.06. The molecule has 0 aromatic heterocycles. The monoisotopic (exact) mass is 468 g/mol. The third-order valence-electron chi connectivity index (χ3n) is 5.91. The maximum absolute atomic E-state index is 13.5. The number of carbonyl (C=O) groups is 2. The molecule has 0 saturated heterocycles. The standard InChI is InChI=1S/C30H32N2O3/c1-20(25-15-9-13-23-11-7-8-14-26(23)25)31-28(33)27(32-29(34)35-30(2,3)4)19-21-16-17-22-10-5-6-12-24(22)18-21/h5-18,20,27H,19H2,1-4H3,(H,31,33)(H,32,34)/t20-,27+/m1/s1. The lowest BCUT2D eigenvalue weighted by Gasteiger charge is -2.25. The maximum Gasteiger partial charge on any atom is 0.408 e. The van der Waals surface area contributed by atoms with E-state index in [2.05, 4.69) is 34.9 Å². The zero-order valence-corrected chi connectivity index (χ0v) is 20.7. The molecule has 0 fully saturated rings. The van der Waals surface area contributed by atoms with Crippen LogP contribution in [0.4, 0.5) is 4.79 Å².